The molecule has 3 heteroatoms. The molecule has 0 saturated heterocycles. The Balaban J connectivity index is 2.08. The molecule has 0 aliphatic carbocycles. The zero-order chi connectivity index (χ0) is 12.3. The Labute approximate surface area is 102 Å². The second-order valence-electron chi connectivity index (χ2n) is 4.47. The second-order valence-corrected chi connectivity index (χ2v) is 4.47. The molecule has 3 nitrogen and oxygen atoms in total. The van der Waals surface area contributed by atoms with Crippen molar-refractivity contribution in [3.05, 3.63) is 53.2 Å². The van der Waals surface area contributed by atoms with Gasteiger partial charge >= 0.3 is 0 Å². The summed E-state index contributed by atoms with van der Waals surface area (Å²) < 4.78 is 5.46. The number of aryl methyl sites for hydroxylation is 1. The molecule has 2 N–H and O–H groups in total. The van der Waals surface area contributed by atoms with Crippen molar-refractivity contribution in [1.82, 2.24) is 4.98 Å². The summed E-state index contributed by atoms with van der Waals surface area (Å²) in [5.41, 5.74) is 9.02. The maximum Gasteiger partial charge on any atom is 0.198 e. The number of nitrogens with two attached hydrogens (primary N) is 1. The third-order valence-electron chi connectivity index (χ3n) is 2.90. The number of hydrogen-bond donors (Lipinski definition) is 1. The lowest BCUT2D eigenvalue weighted by molar-refractivity contribution is 0.505. The topological polar surface area (TPSA) is 52.0 Å². The molecule has 1 aromatic carbocycles. The summed E-state index contributed by atoms with van der Waals surface area (Å²) in [6, 6.07) is 8.40. The zero-order valence-corrected chi connectivity index (χ0v) is 10.3. The molecule has 0 aliphatic heterocycles. The number of hydrogen-bond acceptors (Lipinski definition) is 3. The van der Waals surface area contributed by atoms with Gasteiger partial charge in [0.15, 0.2) is 5.89 Å². The maximum atomic E-state index is 5.60. The van der Waals surface area contributed by atoms with Gasteiger partial charge in [-0.15, -0.1) is 0 Å². The SMILES string of the molecule is Cc1ccc(Cc2nc(C(C)CN)co2)cc1. The van der Waals surface area contributed by atoms with E-state index in [4.69, 9.17) is 10.2 Å². The van der Waals surface area contributed by atoms with Crippen molar-refractivity contribution in [2.75, 3.05) is 6.54 Å². The van der Waals surface area contributed by atoms with Crippen LogP contribution in [0.4, 0.5) is 0 Å². The molecule has 1 atom stereocenters. The predicted molar refractivity (Wildman–Crippen MR) is 68.0 cm³/mol. The third kappa shape index (κ3) is 2.94. The lowest BCUT2D eigenvalue weighted by atomic mass is 10.1. The van der Waals surface area contributed by atoms with Crippen molar-refractivity contribution in [1.29, 1.82) is 0 Å². The van der Waals surface area contributed by atoms with Gasteiger partial charge in [0.05, 0.1) is 5.69 Å². The molecule has 1 aromatic heterocycles. The summed E-state index contributed by atoms with van der Waals surface area (Å²) in [4.78, 5) is 4.45. The minimum absolute atomic E-state index is 0.255. The van der Waals surface area contributed by atoms with Gasteiger partial charge in [0, 0.05) is 18.9 Å². The van der Waals surface area contributed by atoms with Crippen molar-refractivity contribution in [2.45, 2.75) is 26.2 Å². The van der Waals surface area contributed by atoms with Crippen LogP contribution in [-0.2, 0) is 6.42 Å². The van der Waals surface area contributed by atoms with Gasteiger partial charge in [0.25, 0.3) is 0 Å². The molecular formula is C14H18N2O. The van der Waals surface area contributed by atoms with Gasteiger partial charge in [0.2, 0.25) is 0 Å². The smallest absolute Gasteiger partial charge is 0.198 e. The Kier molecular flexibility index (Phi) is 3.59. The number of nitrogens with zero attached hydrogens (tertiary/aromatic N) is 1. The highest BCUT2D eigenvalue weighted by Gasteiger charge is 2.10. The molecule has 1 unspecified atom stereocenters. The third-order valence-corrected chi connectivity index (χ3v) is 2.90. The molecule has 90 valence electrons. The van der Waals surface area contributed by atoms with Crippen molar-refractivity contribution in [3.8, 4) is 0 Å². The Hall–Kier alpha value is -1.61. The first-order valence-electron chi connectivity index (χ1n) is 5.89. The normalized spacial score (nSPS) is 12.6. The van der Waals surface area contributed by atoms with Crippen LogP contribution in [0.1, 0.15) is 35.6 Å². The Morgan fingerprint density at radius 3 is 2.65 bits per heavy atom. The molecule has 0 aliphatic rings. The van der Waals surface area contributed by atoms with E-state index in [0.717, 1.165) is 18.0 Å². The average molecular weight is 230 g/mol. The summed E-state index contributed by atoms with van der Waals surface area (Å²) in [5, 5.41) is 0. The van der Waals surface area contributed by atoms with Crippen LogP contribution in [0.25, 0.3) is 0 Å². The van der Waals surface area contributed by atoms with Crippen molar-refractivity contribution >= 4 is 0 Å². The Morgan fingerprint density at radius 2 is 2.00 bits per heavy atom. The summed E-state index contributed by atoms with van der Waals surface area (Å²) >= 11 is 0. The summed E-state index contributed by atoms with van der Waals surface area (Å²) in [5.74, 6) is 1.01. The largest absolute Gasteiger partial charge is 0.448 e. The van der Waals surface area contributed by atoms with E-state index in [1.165, 1.54) is 11.1 Å². The van der Waals surface area contributed by atoms with Gasteiger partial charge in [-0.05, 0) is 12.5 Å². The molecular weight excluding hydrogens is 212 g/mol. The minimum Gasteiger partial charge on any atom is -0.448 e. The van der Waals surface area contributed by atoms with Crippen LogP contribution in [0.5, 0.6) is 0 Å². The predicted octanol–water partition coefficient (Wildman–Crippen LogP) is 2.64. The molecule has 0 fully saturated rings. The highest BCUT2D eigenvalue weighted by Crippen LogP contribution is 2.15. The highest BCUT2D eigenvalue weighted by atomic mass is 16.3. The highest BCUT2D eigenvalue weighted by molar-refractivity contribution is 5.23. The fraction of sp³-hybridized carbons (Fsp3) is 0.357. The molecule has 0 radical (unpaired) electrons. The fourth-order valence-electron chi connectivity index (χ4n) is 1.63. The van der Waals surface area contributed by atoms with Gasteiger partial charge in [-0.3, -0.25) is 0 Å². The molecule has 2 aromatic rings. The van der Waals surface area contributed by atoms with Crippen molar-refractivity contribution < 1.29 is 4.42 Å². The Morgan fingerprint density at radius 1 is 1.29 bits per heavy atom. The van der Waals surface area contributed by atoms with E-state index >= 15 is 0 Å². The van der Waals surface area contributed by atoms with E-state index in [1.54, 1.807) is 6.26 Å². The van der Waals surface area contributed by atoms with Crippen LogP contribution >= 0.6 is 0 Å². The second kappa shape index (κ2) is 5.15. The molecule has 0 amide bonds. The standard InChI is InChI=1S/C14H18N2O/c1-10-3-5-12(6-4-10)7-14-16-13(9-17-14)11(2)8-15/h3-6,9,11H,7-8,15H2,1-2H3. The van der Waals surface area contributed by atoms with E-state index in [0.29, 0.717) is 6.54 Å². The van der Waals surface area contributed by atoms with E-state index in [2.05, 4.69) is 36.2 Å². The molecule has 0 saturated carbocycles. The van der Waals surface area contributed by atoms with Crippen LogP contribution in [-0.4, -0.2) is 11.5 Å². The number of rotatable bonds is 4. The van der Waals surface area contributed by atoms with Crippen LogP contribution in [0.3, 0.4) is 0 Å². The summed E-state index contributed by atoms with van der Waals surface area (Å²) in [6.07, 6.45) is 2.44. The first kappa shape index (κ1) is 11.9. The fourth-order valence-corrected chi connectivity index (χ4v) is 1.63. The lowest BCUT2D eigenvalue weighted by Gasteiger charge is -2.01. The van der Waals surface area contributed by atoms with Crippen LogP contribution in [0.15, 0.2) is 34.9 Å². The van der Waals surface area contributed by atoms with Crippen molar-refractivity contribution in [3.63, 3.8) is 0 Å². The van der Waals surface area contributed by atoms with Gasteiger partial charge in [-0.1, -0.05) is 36.8 Å². The lowest BCUT2D eigenvalue weighted by Crippen LogP contribution is -2.09. The number of aromatic nitrogens is 1. The molecule has 17 heavy (non-hydrogen) atoms. The molecule has 0 spiro atoms. The van der Waals surface area contributed by atoms with Crippen LogP contribution in [0.2, 0.25) is 0 Å². The number of benzene rings is 1. The average Bonchev–Trinajstić information content (AvgIpc) is 2.80. The Bertz CT molecular complexity index is 473. The summed E-state index contributed by atoms with van der Waals surface area (Å²) in [7, 11) is 0. The van der Waals surface area contributed by atoms with E-state index < -0.39 is 0 Å². The number of oxazole rings is 1. The van der Waals surface area contributed by atoms with E-state index in [1.807, 2.05) is 6.92 Å². The first-order chi connectivity index (χ1) is 8.19. The molecule has 2 rings (SSSR count). The molecule has 1 heterocycles. The zero-order valence-electron chi connectivity index (χ0n) is 10.3. The van der Waals surface area contributed by atoms with Crippen LogP contribution < -0.4 is 5.73 Å². The van der Waals surface area contributed by atoms with Gasteiger partial charge in [0.1, 0.15) is 6.26 Å². The van der Waals surface area contributed by atoms with Gasteiger partial charge in [-0.25, -0.2) is 4.98 Å². The van der Waals surface area contributed by atoms with E-state index in [-0.39, 0.29) is 5.92 Å². The molecule has 0 bridgehead atoms. The van der Waals surface area contributed by atoms with Crippen LogP contribution in [0, 0.1) is 6.92 Å². The maximum absolute atomic E-state index is 5.60. The first-order valence-corrected chi connectivity index (χ1v) is 5.89. The van der Waals surface area contributed by atoms with Crippen molar-refractivity contribution in [2.24, 2.45) is 5.73 Å². The van der Waals surface area contributed by atoms with Gasteiger partial charge in [-0.2, -0.15) is 0 Å². The summed E-state index contributed by atoms with van der Waals surface area (Å²) in [6.45, 7) is 4.72. The van der Waals surface area contributed by atoms with E-state index in [9.17, 15) is 0 Å². The minimum atomic E-state index is 0.255. The monoisotopic (exact) mass is 230 g/mol. The quantitative estimate of drug-likeness (QED) is 0.878. The van der Waals surface area contributed by atoms with Gasteiger partial charge < -0.3 is 10.2 Å².